The highest BCUT2D eigenvalue weighted by atomic mass is 32.2. The maximum absolute atomic E-state index is 12.4. The first kappa shape index (κ1) is 15.6. The monoisotopic (exact) mass is 344 g/mol. The third kappa shape index (κ3) is 3.16. The Hall–Kier alpha value is -1.92. The highest BCUT2D eigenvalue weighted by Gasteiger charge is 2.39. The van der Waals surface area contributed by atoms with Gasteiger partial charge in [-0.05, 0) is 49.6 Å². The van der Waals surface area contributed by atoms with Crippen LogP contribution < -0.4 is 15.4 Å². The van der Waals surface area contributed by atoms with Crippen molar-refractivity contribution >= 4 is 17.7 Å². The van der Waals surface area contributed by atoms with Crippen LogP contribution in [0.25, 0.3) is 0 Å². The first-order chi connectivity index (χ1) is 11.7. The fraction of sp³-hybridized carbons (Fsp3) is 0.389. The molecule has 6 heteroatoms. The molecule has 0 radical (unpaired) electrons. The molecule has 126 valence electrons. The zero-order chi connectivity index (χ0) is 16.5. The Morgan fingerprint density at radius 3 is 2.71 bits per heavy atom. The molecule has 3 unspecified atom stereocenters. The van der Waals surface area contributed by atoms with Crippen LogP contribution in [0.3, 0.4) is 0 Å². The molecule has 2 bridgehead atoms. The number of hydrogen-bond acceptors (Lipinski definition) is 5. The van der Waals surface area contributed by atoms with Crippen LogP contribution >= 0.6 is 11.8 Å². The molecule has 0 spiro atoms. The van der Waals surface area contributed by atoms with Gasteiger partial charge in [0.1, 0.15) is 0 Å². The van der Waals surface area contributed by atoms with Gasteiger partial charge in [-0.25, -0.2) is 0 Å². The van der Waals surface area contributed by atoms with E-state index in [1.807, 2.05) is 30.3 Å². The van der Waals surface area contributed by atoms with Gasteiger partial charge in [0.15, 0.2) is 5.09 Å². The molecule has 1 amide bonds. The van der Waals surface area contributed by atoms with Crippen molar-refractivity contribution in [2.45, 2.75) is 47.4 Å². The molecular formula is C18H20N2O3S. The van der Waals surface area contributed by atoms with Crippen LogP contribution in [0.15, 0.2) is 50.8 Å². The number of carbonyl (C=O) groups is 1. The van der Waals surface area contributed by atoms with Crippen LogP contribution in [0.2, 0.25) is 0 Å². The summed E-state index contributed by atoms with van der Waals surface area (Å²) in [6.45, 7) is 0. The summed E-state index contributed by atoms with van der Waals surface area (Å²) < 4.78 is 10.5. The Morgan fingerprint density at radius 1 is 1.25 bits per heavy atom. The van der Waals surface area contributed by atoms with Crippen LogP contribution in [0.1, 0.15) is 29.6 Å². The van der Waals surface area contributed by atoms with Gasteiger partial charge in [0.2, 0.25) is 0 Å². The first-order valence-corrected chi connectivity index (χ1v) is 9.01. The highest BCUT2D eigenvalue weighted by molar-refractivity contribution is 7.99. The summed E-state index contributed by atoms with van der Waals surface area (Å²) in [5.41, 5.74) is 0.694. The van der Waals surface area contributed by atoms with Gasteiger partial charge in [-0.1, -0.05) is 11.8 Å². The number of benzene rings is 1. The van der Waals surface area contributed by atoms with E-state index in [0.717, 1.165) is 22.8 Å². The van der Waals surface area contributed by atoms with Gasteiger partial charge in [0.25, 0.3) is 11.9 Å². The van der Waals surface area contributed by atoms with E-state index in [9.17, 15) is 4.79 Å². The molecule has 2 aromatic rings. The summed E-state index contributed by atoms with van der Waals surface area (Å²) in [4.78, 5) is 13.4. The van der Waals surface area contributed by atoms with Crippen molar-refractivity contribution in [1.82, 2.24) is 10.6 Å². The Labute approximate surface area is 145 Å². The van der Waals surface area contributed by atoms with Crippen molar-refractivity contribution < 1.29 is 13.9 Å². The van der Waals surface area contributed by atoms with E-state index in [0.29, 0.717) is 23.6 Å². The van der Waals surface area contributed by atoms with Crippen molar-refractivity contribution in [3.05, 3.63) is 42.0 Å². The van der Waals surface area contributed by atoms with Crippen LogP contribution in [0.4, 0.5) is 0 Å². The van der Waals surface area contributed by atoms with E-state index in [-0.39, 0.29) is 11.9 Å². The molecule has 0 aliphatic carbocycles. The first-order valence-electron chi connectivity index (χ1n) is 8.20. The summed E-state index contributed by atoms with van der Waals surface area (Å²) >= 11 is 1.50. The second-order valence-electron chi connectivity index (χ2n) is 6.27. The van der Waals surface area contributed by atoms with Gasteiger partial charge >= 0.3 is 0 Å². The fourth-order valence-electron chi connectivity index (χ4n) is 3.49. The lowest BCUT2D eigenvalue weighted by Gasteiger charge is -2.21. The second kappa shape index (κ2) is 6.53. The smallest absolute Gasteiger partial charge is 0.285 e. The average molecular weight is 344 g/mol. The van der Waals surface area contributed by atoms with Gasteiger partial charge in [0, 0.05) is 34.7 Å². The van der Waals surface area contributed by atoms with Crippen molar-refractivity contribution in [3.8, 4) is 5.95 Å². The molecule has 3 atom stereocenters. The topological polar surface area (TPSA) is 63.5 Å². The molecule has 24 heavy (non-hydrogen) atoms. The number of furan rings is 1. The Bertz CT molecular complexity index is 728. The summed E-state index contributed by atoms with van der Waals surface area (Å²) in [7, 11) is 1.58. The summed E-state index contributed by atoms with van der Waals surface area (Å²) in [5, 5.41) is 7.46. The summed E-state index contributed by atoms with van der Waals surface area (Å²) in [6.07, 6.45) is 3.45. The number of amides is 1. The minimum absolute atomic E-state index is 0.00516. The molecule has 4 rings (SSSR count). The van der Waals surface area contributed by atoms with E-state index in [2.05, 4.69) is 10.6 Å². The lowest BCUT2D eigenvalue weighted by molar-refractivity contribution is 0.0931. The third-order valence-corrected chi connectivity index (χ3v) is 5.64. The van der Waals surface area contributed by atoms with Gasteiger partial charge in [0.05, 0.1) is 7.11 Å². The lowest BCUT2D eigenvalue weighted by Crippen LogP contribution is -2.42. The SMILES string of the molecule is COc1ccc(Sc2ccc(C(=O)NC3CC4CCC3N4)cc2)o1. The molecule has 2 aliphatic rings. The Morgan fingerprint density at radius 2 is 2.08 bits per heavy atom. The fourth-order valence-corrected chi connectivity index (χ4v) is 4.26. The van der Waals surface area contributed by atoms with E-state index >= 15 is 0 Å². The zero-order valence-electron chi connectivity index (χ0n) is 13.5. The molecule has 1 aromatic carbocycles. The molecule has 2 saturated heterocycles. The van der Waals surface area contributed by atoms with Gasteiger partial charge in [-0.3, -0.25) is 4.79 Å². The number of ether oxygens (including phenoxy) is 1. The van der Waals surface area contributed by atoms with Crippen molar-refractivity contribution in [1.29, 1.82) is 0 Å². The van der Waals surface area contributed by atoms with E-state index in [1.54, 1.807) is 13.2 Å². The lowest BCUT2D eigenvalue weighted by atomic mass is 9.95. The number of fused-ring (bicyclic) bond motifs is 2. The third-order valence-electron chi connectivity index (χ3n) is 4.71. The zero-order valence-corrected chi connectivity index (χ0v) is 14.3. The van der Waals surface area contributed by atoms with E-state index < -0.39 is 0 Å². The molecule has 2 aliphatic heterocycles. The molecule has 3 heterocycles. The average Bonchev–Trinajstić information content (AvgIpc) is 3.32. The minimum atomic E-state index is 0.00516. The quantitative estimate of drug-likeness (QED) is 0.873. The predicted octanol–water partition coefficient (Wildman–Crippen LogP) is 3.06. The van der Waals surface area contributed by atoms with Crippen molar-refractivity contribution in [2.24, 2.45) is 0 Å². The van der Waals surface area contributed by atoms with Crippen LogP contribution in [0, 0.1) is 0 Å². The number of carbonyl (C=O) groups excluding carboxylic acids is 1. The van der Waals surface area contributed by atoms with Gasteiger partial charge in [-0.2, -0.15) is 0 Å². The minimum Gasteiger partial charge on any atom is -0.468 e. The largest absolute Gasteiger partial charge is 0.468 e. The second-order valence-corrected chi connectivity index (χ2v) is 7.35. The normalized spacial score (nSPS) is 25.0. The van der Waals surface area contributed by atoms with E-state index in [4.69, 9.17) is 9.15 Å². The number of methoxy groups -OCH3 is 1. The maximum atomic E-state index is 12.4. The molecule has 2 N–H and O–H groups in total. The van der Waals surface area contributed by atoms with Gasteiger partial charge in [-0.15, -0.1) is 0 Å². The summed E-state index contributed by atoms with van der Waals surface area (Å²) in [6, 6.07) is 12.5. The Kier molecular flexibility index (Phi) is 4.24. The number of hydrogen-bond donors (Lipinski definition) is 2. The standard InChI is InChI=1S/C18H20N2O3S/c1-22-16-8-9-17(23-16)24-13-5-2-11(3-6-13)18(21)20-15-10-12-4-7-14(15)19-12/h2-3,5-6,8-9,12,14-15,19H,4,7,10H2,1H3,(H,20,21). The van der Waals surface area contributed by atoms with Crippen LogP contribution in [0.5, 0.6) is 5.95 Å². The number of nitrogens with one attached hydrogen (secondary N) is 2. The van der Waals surface area contributed by atoms with Crippen molar-refractivity contribution in [2.75, 3.05) is 7.11 Å². The maximum Gasteiger partial charge on any atom is 0.285 e. The molecule has 2 fully saturated rings. The Balaban J connectivity index is 1.37. The van der Waals surface area contributed by atoms with Crippen LogP contribution in [-0.4, -0.2) is 31.1 Å². The van der Waals surface area contributed by atoms with Crippen molar-refractivity contribution in [3.63, 3.8) is 0 Å². The number of rotatable bonds is 5. The molecule has 5 nitrogen and oxygen atoms in total. The summed E-state index contributed by atoms with van der Waals surface area (Å²) in [5.74, 6) is 0.499. The van der Waals surface area contributed by atoms with Crippen LogP contribution in [-0.2, 0) is 0 Å². The predicted molar refractivity (Wildman–Crippen MR) is 91.6 cm³/mol. The molecule has 0 saturated carbocycles. The molecular weight excluding hydrogens is 324 g/mol. The molecule has 1 aromatic heterocycles. The van der Waals surface area contributed by atoms with Gasteiger partial charge < -0.3 is 19.8 Å². The van der Waals surface area contributed by atoms with E-state index in [1.165, 1.54) is 18.2 Å². The highest BCUT2D eigenvalue weighted by Crippen LogP contribution is 2.32.